The largest absolute Gasteiger partial charge is 0.465 e. The number of carbonyl (C=O) groups is 1. The van der Waals surface area contributed by atoms with Crippen LogP contribution in [-0.2, 0) is 9.53 Å². The molecule has 2 atom stereocenters. The van der Waals surface area contributed by atoms with Crippen molar-refractivity contribution in [3.8, 4) is 0 Å². The van der Waals surface area contributed by atoms with Gasteiger partial charge in [-0.15, -0.1) is 0 Å². The van der Waals surface area contributed by atoms with Crippen molar-refractivity contribution < 1.29 is 9.53 Å². The molecule has 1 N–H and O–H groups in total. The molecular formula is C14H27NO2. The SMILES string of the molecule is CCNC1(C(=O)OCC)CC(C)CC(C)(C)C1. The molecule has 1 aliphatic rings. The predicted molar refractivity (Wildman–Crippen MR) is 69.8 cm³/mol. The molecule has 0 bridgehead atoms. The number of hydrogen-bond donors (Lipinski definition) is 1. The van der Waals surface area contributed by atoms with Crippen LogP contribution < -0.4 is 5.32 Å². The fourth-order valence-electron chi connectivity index (χ4n) is 3.54. The number of nitrogens with one attached hydrogen (secondary N) is 1. The van der Waals surface area contributed by atoms with E-state index in [2.05, 4.69) is 26.1 Å². The molecule has 0 aromatic carbocycles. The minimum absolute atomic E-state index is 0.0681. The molecule has 100 valence electrons. The van der Waals surface area contributed by atoms with Gasteiger partial charge in [0, 0.05) is 0 Å². The van der Waals surface area contributed by atoms with E-state index in [1.54, 1.807) is 0 Å². The normalized spacial score (nSPS) is 32.2. The predicted octanol–water partition coefficient (Wildman–Crippen LogP) is 2.74. The second-order valence-corrected chi connectivity index (χ2v) is 6.19. The van der Waals surface area contributed by atoms with Crippen molar-refractivity contribution in [1.29, 1.82) is 0 Å². The van der Waals surface area contributed by atoms with E-state index >= 15 is 0 Å². The average Bonchev–Trinajstić information content (AvgIpc) is 2.14. The van der Waals surface area contributed by atoms with Gasteiger partial charge in [-0.1, -0.05) is 27.7 Å². The maximum Gasteiger partial charge on any atom is 0.326 e. The molecule has 1 fully saturated rings. The Bertz CT molecular complexity index is 275. The second kappa shape index (κ2) is 5.38. The van der Waals surface area contributed by atoms with Crippen LogP contribution in [0.3, 0.4) is 0 Å². The smallest absolute Gasteiger partial charge is 0.326 e. The van der Waals surface area contributed by atoms with Gasteiger partial charge in [0.1, 0.15) is 5.54 Å². The molecule has 1 aliphatic carbocycles. The van der Waals surface area contributed by atoms with E-state index in [-0.39, 0.29) is 11.4 Å². The molecule has 17 heavy (non-hydrogen) atoms. The molecule has 0 aromatic rings. The monoisotopic (exact) mass is 241 g/mol. The second-order valence-electron chi connectivity index (χ2n) is 6.19. The minimum Gasteiger partial charge on any atom is -0.465 e. The maximum absolute atomic E-state index is 12.3. The molecule has 2 unspecified atom stereocenters. The van der Waals surface area contributed by atoms with Crippen LogP contribution in [0.5, 0.6) is 0 Å². The lowest BCUT2D eigenvalue weighted by molar-refractivity contribution is -0.155. The van der Waals surface area contributed by atoms with E-state index < -0.39 is 5.54 Å². The summed E-state index contributed by atoms with van der Waals surface area (Å²) in [7, 11) is 0. The molecule has 1 rings (SSSR count). The van der Waals surface area contributed by atoms with Crippen molar-refractivity contribution in [1.82, 2.24) is 5.32 Å². The third-order valence-electron chi connectivity index (χ3n) is 3.56. The van der Waals surface area contributed by atoms with Crippen molar-refractivity contribution in [2.45, 2.75) is 59.4 Å². The first-order valence-corrected chi connectivity index (χ1v) is 6.77. The minimum atomic E-state index is -0.466. The van der Waals surface area contributed by atoms with Crippen molar-refractivity contribution >= 4 is 5.97 Å². The van der Waals surface area contributed by atoms with E-state index in [9.17, 15) is 4.79 Å². The number of carbonyl (C=O) groups excluding carboxylic acids is 1. The van der Waals surface area contributed by atoms with Crippen LogP contribution in [0, 0.1) is 11.3 Å². The van der Waals surface area contributed by atoms with Crippen molar-refractivity contribution in [2.75, 3.05) is 13.2 Å². The lowest BCUT2D eigenvalue weighted by Gasteiger charge is -2.46. The van der Waals surface area contributed by atoms with Crippen molar-refractivity contribution in [3.05, 3.63) is 0 Å². The molecule has 0 spiro atoms. The zero-order valence-electron chi connectivity index (χ0n) is 11.9. The highest BCUT2D eigenvalue weighted by atomic mass is 16.5. The van der Waals surface area contributed by atoms with Crippen LogP contribution >= 0.6 is 0 Å². The van der Waals surface area contributed by atoms with Crippen LogP contribution in [-0.4, -0.2) is 24.7 Å². The third-order valence-corrected chi connectivity index (χ3v) is 3.56. The zero-order chi connectivity index (χ0) is 13.1. The van der Waals surface area contributed by atoms with Gasteiger partial charge in [0.2, 0.25) is 0 Å². The quantitative estimate of drug-likeness (QED) is 0.769. The first-order valence-electron chi connectivity index (χ1n) is 6.77. The fraction of sp³-hybridized carbons (Fsp3) is 0.929. The maximum atomic E-state index is 12.3. The van der Waals surface area contributed by atoms with Crippen molar-refractivity contribution in [3.63, 3.8) is 0 Å². The van der Waals surface area contributed by atoms with Gasteiger partial charge in [0.25, 0.3) is 0 Å². The Balaban J connectivity index is 2.93. The van der Waals surface area contributed by atoms with Gasteiger partial charge in [-0.05, 0) is 44.1 Å². The number of likely N-dealkylation sites (N-methyl/N-ethyl adjacent to an activating group) is 1. The summed E-state index contributed by atoms with van der Waals surface area (Å²) in [5.74, 6) is 0.490. The van der Waals surface area contributed by atoms with E-state index in [1.807, 2.05) is 13.8 Å². The van der Waals surface area contributed by atoms with Crippen LogP contribution in [0.2, 0.25) is 0 Å². The van der Waals surface area contributed by atoms with Gasteiger partial charge >= 0.3 is 5.97 Å². The zero-order valence-corrected chi connectivity index (χ0v) is 11.9. The number of ether oxygens (including phenoxy) is 1. The third kappa shape index (κ3) is 3.44. The van der Waals surface area contributed by atoms with Gasteiger partial charge in [-0.25, -0.2) is 0 Å². The van der Waals surface area contributed by atoms with Crippen LogP contribution in [0.1, 0.15) is 53.9 Å². The van der Waals surface area contributed by atoms with Gasteiger partial charge in [0.05, 0.1) is 6.61 Å². The molecular weight excluding hydrogens is 214 g/mol. The molecule has 0 radical (unpaired) electrons. The van der Waals surface area contributed by atoms with Crippen LogP contribution in [0.15, 0.2) is 0 Å². The summed E-state index contributed by atoms with van der Waals surface area (Å²) in [6, 6.07) is 0. The van der Waals surface area contributed by atoms with Gasteiger partial charge in [0.15, 0.2) is 0 Å². The van der Waals surface area contributed by atoms with E-state index in [4.69, 9.17) is 4.74 Å². The Labute approximate surface area is 105 Å². The summed E-state index contributed by atoms with van der Waals surface area (Å²) in [5, 5.41) is 3.39. The average molecular weight is 241 g/mol. The van der Waals surface area contributed by atoms with E-state index in [0.29, 0.717) is 12.5 Å². The lowest BCUT2D eigenvalue weighted by Crippen LogP contribution is -2.58. The molecule has 0 heterocycles. The molecule has 0 amide bonds. The lowest BCUT2D eigenvalue weighted by atomic mass is 9.64. The summed E-state index contributed by atoms with van der Waals surface area (Å²) in [5.41, 5.74) is -0.265. The van der Waals surface area contributed by atoms with E-state index in [0.717, 1.165) is 19.4 Å². The standard InChI is InChI=1S/C14H27NO2/c1-6-15-14(12(16)17-7-2)9-11(3)8-13(4,5)10-14/h11,15H,6-10H2,1-5H3. The first-order chi connectivity index (χ1) is 7.85. The highest BCUT2D eigenvalue weighted by Gasteiger charge is 2.48. The summed E-state index contributed by atoms with van der Waals surface area (Å²) < 4.78 is 5.28. The summed E-state index contributed by atoms with van der Waals surface area (Å²) >= 11 is 0. The first kappa shape index (κ1) is 14.5. The molecule has 0 aromatic heterocycles. The number of esters is 1. The fourth-order valence-corrected chi connectivity index (χ4v) is 3.54. The topological polar surface area (TPSA) is 38.3 Å². The Kier molecular flexibility index (Phi) is 4.59. The van der Waals surface area contributed by atoms with Gasteiger partial charge < -0.3 is 10.1 Å². The van der Waals surface area contributed by atoms with E-state index in [1.165, 1.54) is 6.42 Å². The molecule has 0 aliphatic heterocycles. The van der Waals surface area contributed by atoms with Crippen LogP contribution in [0.4, 0.5) is 0 Å². The molecule has 1 saturated carbocycles. The molecule has 0 saturated heterocycles. The summed E-state index contributed by atoms with van der Waals surface area (Å²) in [6.07, 6.45) is 2.94. The Hall–Kier alpha value is -0.570. The summed E-state index contributed by atoms with van der Waals surface area (Å²) in [6.45, 7) is 11.9. The number of rotatable bonds is 4. The highest BCUT2D eigenvalue weighted by molar-refractivity contribution is 5.81. The molecule has 3 nitrogen and oxygen atoms in total. The summed E-state index contributed by atoms with van der Waals surface area (Å²) in [4.78, 5) is 12.3. The van der Waals surface area contributed by atoms with Gasteiger partial charge in [-0.2, -0.15) is 0 Å². The highest BCUT2D eigenvalue weighted by Crippen LogP contribution is 2.44. The Morgan fingerprint density at radius 1 is 1.35 bits per heavy atom. The molecule has 3 heteroatoms. The Morgan fingerprint density at radius 3 is 2.47 bits per heavy atom. The van der Waals surface area contributed by atoms with Crippen molar-refractivity contribution in [2.24, 2.45) is 11.3 Å². The van der Waals surface area contributed by atoms with Crippen LogP contribution in [0.25, 0.3) is 0 Å². The Morgan fingerprint density at radius 2 is 2.00 bits per heavy atom. The van der Waals surface area contributed by atoms with Gasteiger partial charge in [-0.3, -0.25) is 4.79 Å². The number of hydrogen-bond acceptors (Lipinski definition) is 3.